The van der Waals surface area contributed by atoms with Gasteiger partial charge in [-0.2, -0.15) is 18.3 Å². The molecule has 0 bridgehead atoms. The quantitative estimate of drug-likeness (QED) is 0.255. The molecule has 2 amide bonds. The molecular formula is C24H21Cl2F4N5O2. The van der Waals surface area contributed by atoms with Gasteiger partial charge in [-0.15, -0.1) is 0 Å². The van der Waals surface area contributed by atoms with Gasteiger partial charge in [-0.25, -0.2) is 9.07 Å². The fraction of sp³-hybridized carbons (Fsp3) is 0.292. The third-order valence-corrected chi connectivity index (χ3v) is 7.05. The summed E-state index contributed by atoms with van der Waals surface area (Å²) in [5, 5.41) is 9.30. The lowest BCUT2D eigenvalue weighted by Gasteiger charge is -2.33. The highest BCUT2D eigenvalue weighted by Gasteiger charge is 2.45. The molecule has 3 aromatic rings. The molecule has 196 valence electrons. The van der Waals surface area contributed by atoms with Crippen molar-refractivity contribution in [1.82, 2.24) is 20.0 Å². The first kappa shape index (κ1) is 26.7. The van der Waals surface area contributed by atoms with E-state index in [1.807, 2.05) is 0 Å². The molecule has 1 aliphatic heterocycles. The lowest BCUT2D eigenvalue weighted by molar-refractivity contribution is -0.143. The Bertz CT molecular complexity index is 1410. The SMILES string of the molecule is C=CC(=O)N1CCC(Nc2ccc3c(C(F)(F)F)n(CC(=O)NC)nc3c2)(c2c(F)ccc(Cl)c2Cl)C1. The maximum atomic E-state index is 15.2. The molecular weight excluding hydrogens is 537 g/mol. The average Bonchev–Trinajstić information content (AvgIpc) is 3.42. The van der Waals surface area contributed by atoms with Gasteiger partial charge in [0, 0.05) is 36.8 Å². The maximum absolute atomic E-state index is 15.2. The number of carbonyl (C=O) groups is 2. The van der Waals surface area contributed by atoms with E-state index in [2.05, 4.69) is 22.3 Å². The zero-order valence-electron chi connectivity index (χ0n) is 19.4. The topological polar surface area (TPSA) is 79.3 Å². The molecule has 0 spiro atoms. The Kier molecular flexibility index (Phi) is 7.13. The minimum atomic E-state index is -4.77. The van der Waals surface area contributed by atoms with Crippen LogP contribution in [0.2, 0.25) is 10.0 Å². The Morgan fingerprint density at radius 2 is 1.97 bits per heavy atom. The van der Waals surface area contributed by atoms with Gasteiger partial charge in [-0.3, -0.25) is 9.59 Å². The number of carbonyl (C=O) groups excluding carboxylic acids is 2. The van der Waals surface area contributed by atoms with Gasteiger partial charge in [0.1, 0.15) is 12.4 Å². The fourth-order valence-corrected chi connectivity index (χ4v) is 5.07. The predicted octanol–water partition coefficient (Wildman–Crippen LogP) is 4.97. The Labute approximate surface area is 219 Å². The first-order valence-corrected chi connectivity index (χ1v) is 11.8. The molecule has 2 heterocycles. The summed E-state index contributed by atoms with van der Waals surface area (Å²) in [5.74, 6) is -1.69. The molecule has 7 nitrogen and oxygen atoms in total. The van der Waals surface area contributed by atoms with Gasteiger partial charge in [0.05, 0.1) is 21.1 Å². The summed E-state index contributed by atoms with van der Waals surface area (Å²) in [4.78, 5) is 25.6. The van der Waals surface area contributed by atoms with E-state index in [1.165, 1.54) is 36.2 Å². The number of hydrogen-bond acceptors (Lipinski definition) is 4. The third-order valence-electron chi connectivity index (χ3n) is 6.24. The first-order chi connectivity index (χ1) is 17.4. The van der Waals surface area contributed by atoms with Gasteiger partial charge in [0.15, 0.2) is 5.69 Å². The zero-order valence-corrected chi connectivity index (χ0v) is 20.9. The minimum Gasteiger partial charge on any atom is -0.373 e. The summed E-state index contributed by atoms with van der Waals surface area (Å²) < 4.78 is 57.2. The van der Waals surface area contributed by atoms with Crippen molar-refractivity contribution in [2.24, 2.45) is 0 Å². The number of alkyl halides is 3. The number of aromatic nitrogens is 2. The van der Waals surface area contributed by atoms with Crippen molar-refractivity contribution >= 4 is 51.6 Å². The van der Waals surface area contributed by atoms with Gasteiger partial charge >= 0.3 is 6.18 Å². The number of nitrogens with one attached hydrogen (secondary N) is 2. The van der Waals surface area contributed by atoms with E-state index in [1.54, 1.807) is 0 Å². The number of anilines is 1. The van der Waals surface area contributed by atoms with Crippen LogP contribution in [0.25, 0.3) is 10.9 Å². The molecule has 37 heavy (non-hydrogen) atoms. The number of benzene rings is 2. The highest BCUT2D eigenvalue weighted by molar-refractivity contribution is 6.42. The number of nitrogens with zero attached hydrogens (tertiary/aromatic N) is 3. The third kappa shape index (κ3) is 4.97. The van der Waals surface area contributed by atoms with Crippen LogP contribution < -0.4 is 10.6 Å². The number of likely N-dealkylation sites (N-methyl/N-ethyl adjacent to an activating group) is 1. The highest BCUT2D eigenvalue weighted by Crippen LogP contribution is 2.44. The van der Waals surface area contributed by atoms with Crippen LogP contribution in [-0.4, -0.2) is 46.6 Å². The number of halogens is 6. The molecule has 1 fully saturated rings. The van der Waals surface area contributed by atoms with E-state index in [4.69, 9.17) is 23.2 Å². The molecule has 2 N–H and O–H groups in total. The highest BCUT2D eigenvalue weighted by atomic mass is 35.5. The predicted molar refractivity (Wildman–Crippen MR) is 132 cm³/mol. The number of hydrogen-bond donors (Lipinski definition) is 2. The second-order valence-corrected chi connectivity index (χ2v) is 9.33. The smallest absolute Gasteiger partial charge is 0.373 e. The summed E-state index contributed by atoms with van der Waals surface area (Å²) in [5.41, 5.74) is -2.03. The van der Waals surface area contributed by atoms with E-state index in [-0.39, 0.29) is 51.9 Å². The summed E-state index contributed by atoms with van der Waals surface area (Å²) in [6.45, 7) is 3.09. The summed E-state index contributed by atoms with van der Waals surface area (Å²) in [6.07, 6.45) is -3.41. The van der Waals surface area contributed by atoms with Crippen molar-refractivity contribution in [2.45, 2.75) is 24.7 Å². The molecule has 0 aliphatic carbocycles. The van der Waals surface area contributed by atoms with Crippen LogP contribution in [-0.2, 0) is 27.8 Å². The van der Waals surface area contributed by atoms with E-state index in [9.17, 15) is 22.8 Å². The van der Waals surface area contributed by atoms with E-state index < -0.39 is 35.7 Å². The van der Waals surface area contributed by atoms with E-state index in [0.29, 0.717) is 10.4 Å². The average molecular weight is 558 g/mol. The minimum absolute atomic E-state index is 0.00815. The molecule has 2 aromatic carbocycles. The molecule has 13 heteroatoms. The van der Waals surface area contributed by atoms with Gasteiger partial charge < -0.3 is 15.5 Å². The lowest BCUT2D eigenvalue weighted by atomic mass is 9.87. The van der Waals surface area contributed by atoms with Gasteiger partial charge in [-0.05, 0) is 42.8 Å². The van der Waals surface area contributed by atoms with Crippen LogP contribution in [0.1, 0.15) is 17.7 Å². The molecule has 1 aliphatic rings. The van der Waals surface area contributed by atoms with Crippen LogP contribution in [0.5, 0.6) is 0 Å². The Balaban J connectivity index is 1.82. The summed E-state index contributed by atoms with van der Waals surface area (Å²) >= 11 is 12.6. The van der Waals surface area contributed by atoms with Crippen molar-refractivity contribution in [1.29, 1.82) is 0 Å². The molecule has 1 atom stereocenters. The molecule has 0 radical (unpaired) electrons. The van der Waals surface area contributed by atoms with Crippen LogP contribution in [0.4, 0.5) is 23.2 Å². The second kappa shape index (κ2) is 9.86. The first-order valence-electron chi connectivity index (χ1n) is 11.0. The summed E-state index contributed by atoms with van der Waals surface area (Å²) in [7, 11) is 1.31. The van der Waals surface area contributed by atoms with Crippen LogP contribution >= 0.6 is 23.2 Å². The maximum Gasteiger partial charge on any atom is 0.433 e. The Morgan fingerprint density at radius 1 is 1.24 bits per heavy atom. The van der Waals surface area contributed by atoms with Crippen LogP contribution in [0.15, 0.2) is 43.0 Å². The van der Waals surface area contributed by atoms with Gasteiger partial charge in [0.25, 0.3) is 0 Å². The van der Waals surface area contributed by atoms with E-state index >= 15 is 4.39 Å². The van der Waals surface area contributed by atoms with Crippen molar-refractivity contribution in [3.8, 4) is 0 Å². The number of likely N-dealkylation sites (tertiary alicyclic amines) is 1. The molecule has 1 unspecified atom stereocenters. The van der Waals surface area contributed by atoms with Crippen molar-refractivity contribution in [3.05, 3.63) is 70.1 Å². The zero-order chi connectivity index (χ0) is 27.1. The van der Waals surface area contributed by atoms with Crippen molar-refractivity contribution in [3.63, 3.8) is 0 Å². The van der Waals surface area contributed by atoms with Crippen LogP contribution in [0.3, 0.4) is 0 Å². The van der Waals surface area contributed by atoms with Gasteiger partial charge in [-0.1, -0.05) is 29.8 Å². The van der Waals surface area contributed by atoms with E-state index in [0.717, 1.165) is 12.1 Å². The largest absolute Gasteiger partial charge is 0.433 e. The Hall–Kier alpha value is -3.31. The fourth-order valence-electron chi connectivity index (χ4n) is 4.58. The summed E-state index contributed by atoms with van der Waals surface area (Å²) in [6, 6.07) is 6.44. The van der Waals surface area contributed by atoms with Gasteiger partial charge in [0.2, 0.25) is 11.8 Å². The monoisotopic (exact) mass is 557 g/mol. The Morgan fingerprint density at radius 3 is 2.62 bits per heavy atom. The molecule has 4 rings (SSSR count). The second-order valence-electron chi connectivity index (χ2n) is 8.55. The molecule has 0 saturated carbocycles. The van der Waals surface area contributed by atoms with Crippen molar-refractivity contribution in [2.75, 3.05) is 25.5 Å². The number of fused-ring (bicyclic) bond motifs is 1. The van der Waals surface area contributed by atoms with Crippen LogP contribution in [0, 0.1) is 5.82 Å². The molecule has 1 saturated heterocycles. The standard InChI is InChI=1S/C24H21Cl2F4N5O2/c1-3-19(37)34-9-8-23(12-34,20-16(27)7-6-15(25)21(20)26)32-13-4-5-14-17(10-13)33-35(11-18(36)31-2)22(14)24(28,29)30/h3-7,10,32H,1,8-9,11-12H2,2H3,(H,31,36). The number of rotatable bonds is 6. The van der Waals surface area contributed by atoms with Crippen molar-refractivity contribution < 1.29 is 27.2 Å². The molecule has 1 aromatic heterocycles. The number of amides is 2. The lowest BCUT2D eigenvalue weighted by Crippen LogP contribution is -2.41. The normalized spacial score (nSPS) is 17.8.